The van der Waals surface area contributed by atoms with Gasteiger partial charge < -0.3 is 9.88 Å². The Balaban J connectivity index is 1.87. The quantitative estimate of drug-likeness (QED) is 0.778. The number of fused-ring (bicyclic) bond motifs is 1. The number of H-pyrrole nitrogens is 1. The van der Waals surface area contributed by atoms with Gasteiger partial charge in [-0.1, -0.05) is 32.0 Å². The van der Waals surface area contributed by atoms with Crippen LogP contribution in [0.4, 0.5) is 0 Å². The first-order valence-electron chi connectivity index (χ1n) is 8.09. The van der Waals surface area contributed by atoms with Gasteiger partial charge in [0.15, 0.2) is 0 Å². The van der Waals surface area contributed by atoms with Crippen LogP contribution >= 0.6 is 0 Å². The van der Waals surface area contributed by atoms with Crippen LogP contribution in [-0.4, -0.2) is 28.9 Å². The first-order valence-corrected chi connectivity index (χ1v) is 8.09. The van der Waals surface area contributed by atoms with Gasteiger partial charge >= 0.3 is 0 Å². The van der Waals surface area contributed by atoms with E-state index in [4.69, 9.17) is 0 Å². The van der Waals surface area contributed by atoms with E-state index in [1.165, 1.54) is 16.5 Å². The lowest BCUT2D eigenvalue weighted by molar-refractivity contribution is -0.131. The van der Waals surface area contributed by atoms with E-state index < -0.39 is 0 Å². The SMILES string of the molecule is CCCN(CCC)C(=O)CCCc1c[nH]c2ccccc12. The number of para-hydroxylation sites is 1. The number of nitrogens with zero attached hydrogens (tertiary/aromatic N) is 1. The first-order chi connectivity index (χ1) is 10.3. The number of aromatic amines is 1. The van der Waals surface area contributed by atoms with Gasteiger partial charge in [-0.15, -0.1) is 0 Å². The maximum absolute atomic E-state index is 12.2. The van der Waals surface area contributed by atoms with Crippen molar-refractivity contribution in [3.8, 4) is 0 Å². The molecule has 3 heteroatoms. The summed E-state index contributed by atoms with van der Waals surface area (Å²) in [5.41, 5.74) is 2.49. The largest absolute Gasteiger partial charge is 0.361 e. The summed E-state index contributed by atoms with van der Waals surface area (Å²) in [6.07, 6.45) is 6.68. The third-order valence-electron chi connectivity index (χ3n) is 3.85. The van der Waals surface area contributed by atoms with Crippen molar-refractivity contribution < 1.29 is 4.79 Å². The molecule has 21 heavy (non-hydrogen) atoms. The molecule has 2 rings (SSSR count). The molecular formula is C18H26N2O. The third-order valence-corrected chi connectivity index (χ3v) is 3.85. The average Bonchev–Trinajstić information content (AvgIpc) is 2.90. The van der Waals surface area contributed by atoms with Gasteiger partial charge in [-0.25, -0.2) is 0 Å². The molecule has 1 aromatic carbocycles. The molecule has 1 amide bonds. The molecule has 0 spiro atoms. The van der Waals surface area contributed by atoms with Gasteiger partial charge in [0.1, 0.15) is 0 Å². The zero-order valence-corrected chi connectivity index (χ0v) is 13.2. The number of amides is 1. The Morgan fingerprint density at radius 2 is 1.86 bits per heavy atom. The molecular weight excluding hydrogens is 260 g/mol. The highest BCUT2D eigenvalue weighted by Crippen LogP contribution is 2.19. The van der Waals surface area contributed by atoms with Crippen molar-refractivity contribution in [3.63, 3.8) is 0 Å². The molecule has 0 saturated heterocycles. The number of hydrogen-bond acceptors (Lipinski definition) is 1. The van der Waals surface area contributed by atoms with E-state index in [-0.39, 0.29) is 0 Å². The Morgan fingerprint density at radius 3 is 2.57 bits per heavy atom. The minimum Gasteiger partial charge on any atom is -0.361 e. The van der Waals surface area contributed by atoms with Gasteiger partial charge in [-0.05, 0) is 37.3 Å². The molecule has 114 valence electrons. The molecule has 0 saturated carbocycles. The lowest BCUT2D eigenvalue weighted by Crippen LogP contribution is -2.32. The summed E-state index contributed by atoms with van der Waals surface area (Å²) in [7, 11) is 0. The Kier molecular flexibility index (Phi) is 5.85. The first kappa shape index (κ1) is 15.6. The van der Waals surface area contributed by atoms with Crippen molar-refractivity contribution >= 4 is 16.8 Å². The maximum Gasteiger partial charge on any atom is 0.222 e. The van der Waals surface area contributed by atoms with Gasteiger partial charge in [-0.3, -0.25) is 4.79 Å². The van der Waals surface area contributed by atoms with Gasteiger partial charge in [-0.2, -0.15) is 0 Å². The Labute approximate surface area is 127 Å². The van der Waals surface area contributed by atoms with Crippen molar-refractivity contribution in [1.82, 2.24) is 9.88 Å². The third kappa shape index (κ3) is 4.10. The predicted octanol–water partition coefficient (Wildman–Crippen LogP) is 4.14. The topological polar surface area (TPSA) is 36.1 Å². The van der Waals surface area contributed by atoms with Crippen molar-refractivity contribution in [2.45, 2.75) is 46.0 Å². The number of benzene rings is 1. The highest BCUT2D eigenvalue weighted by molar-refractivity contribution is 5.83. The molecule has 0 aliphatic rings. The molecule has 1 N–H and O–H groups in total. The summed E-state index contributed by atoms with van der Waals surface area (Å²) < 4.78 is 0. The predicted molar refractivity (Wildman–Crippen MR) is 88.4 cm³/mol. The number of rotatable bonds is 8. The molecule has 0 bridgehead atoms. The summed E-state index contributed by atoms with van der Waals surface area (Å²) in [6.45, 7) is 6.03. The van der Waals surface area contributed by atoms with Crippen molar-refractivity contribution in [1.29, 1.82) is 0 Å². The van der Waals surface area contributed by atoms with Crippen LogP contribution in [0.5, 0.6) is 0 Å². The summed E-state index contributed by atoms with van der Waals surface area (Å²) in [4.78, 5) is 17.5. The van der Waals surface area contributed by atoms with E-state index in [0.29, 0.717) is 12.3 Å². The number of aromatic nitrogens is 1. The van der Waals surface area contributed by atoms with E-state index >= 15 is 0 Å². The molecule has 0 aliphatic heterocycles. The van der Waals surface area contributed by atoms with E-state index in [2.05, 4.69) is 43.2 Å². The Bertz CT molecular complexity index is 567. The standard InChI is InChI=1S/C18H26N2O/c1-3-12-20(13-4-2)18(21)11-7-8-15-14-19-17-10-6-5-9-16(15)17/h5-6,9-10,14,19H,3-4,7-8,11-13H2,1-2H3. The monoisotopic (exact) mass is 286 g/mol. The molecule has 2 aromatic rings. The van der Waals surface area contributed by atoms with Crippen LogP contribution < -0.4 is 0 Å². The van der Waals surface area contributed by atoms with Gasteiger partial charge in [0.05, 0.1) is 0 Å². The zero-order valence-electron chi connectivity index (χ0n) is 13.2. The van der Waals surface area contributed by atoms with Crippen LogP contribution in [0.25, 0.3) is 10.9 Å². The minimum absolute atomic E-state index is 0.304. The fourth-order valence-electron chi connectivity index (χ4n) is 2.83. The molecule has 0 radical (unpaired) electrons. The van der Waals surface area contributed by atoms with Crippen LogP contribution in [0.2, 0.25) is 0 Å². The fraction of sp³-hybridized carbons (Fsp3) is 0.500. The highest BCUT2D eigenvalue weighted by Gasteiger charge is 2.11. The van der Waals surface area contributed by atoms with E-state index in [1.807, 2.05) is 11.0 Å². The summed E-state index contributed by atoms with van der Waals surface area (Å²) in [6, 6.07) is 8.34. The molecule has 0 atom stereocenters. The smallest absolute Gasteiger partial charge is 0.222 e. The summed E-state index contributed by atoms with van der Waals surface area (Å²) in [5, 5.41) is 1.28. The number of hydrogen-bond donors (Lipinski definition) is 1. The molecule has 0 aliphatic carbocycles. The second-order valence-electron chi connectivity index (χ2n) is 5.59. The molecule has 1 heterocycles. The average molecular weight is 286 g/mol. The van der Waals surface area contributed by atoms with Crippen LogP contribution in [0.1, 0.15) is 45.1 Å². The normalized spacial score (nSPS) is 11.0. The fourth-order valence-corrected chi connectivity index (χ4v) is 2.83. The van der Waals surface area contributed by atoms with E-state index in [0.717, 1.165) is 38.8 Å². The number of carbonyl (C=O) groups excluding carboxylic acids is 1. The molecule has 0 unspecified atom stereocenters. The van der Waals surface area contributed by atoms with Crippen LogP contribution in [-0.2, 0) is 11.2 Å². The Hall–Kier alpha value is -1.77. The van der Waals surface area contributed by atoms with Gasteiger partial charge in [0.2, 0.25) is 5.91 Å². The molecule has 1 aromatic heterocycles. The number of nitrogens with one attached hydrogen (secondary N) is 1. The van der Waals surface area contributed by atoms with E-state index in [1.54, 1.807) is 0 Å². The summed E-state index contributed by atoms with van der Waals surface area (Å²) in [5.74, 6) is 0.304. The minimum atomic E-state index is 0.304. The zero-order chi connectivity index (χ0) is 15.1. The van der Waals surface area contributed by atoms with Crippen molar-refractivity contribution in [3.05, 3.63) is 36.0 Å². The lowest BCUT2D eigenvalue weighted by Gasteiger charge is -2.21. The second kappa shape index (κ2) is 7.87. The van der Waals surface area contributed by atoms with Crippen molar-refractivity contribution in [2.24, 2.45) is 0 Å². The lowest BCUT2D eigenvalue weighted by atomic mass is 10.1. The Morgan fingerprint density at radius 1 is 1.14 bits per heavy atom. The van der Waals surface area contributed by atoms with Gasteiger partial charge in [0, 0.05) is 36.6 Å². The maximum atomic E-state index is 12.2. The molecule has 3 nitrogen and oxygen atoms in total. The number of carbonyl (C=O) groups is 1. The highest BCUT2D eigenvalue weighted by atomic mass is 16.2. The summed E-state index contributed by atoms with van der Waals surface area (Å²) >= 11 is 0. The second-order valence-corrected chi connectivity index (χ2v) is 5.59. The molecule has 0 fully saturated rings. The van der Waals surface area contributed by atoms with Crippen LogP contribution in [0.15, 0.2) is 30.5 Å². The van der Waals surface area contributed by atoms with E-state index in [9.17, 15) is 4.79 Å². The van der Waals surface area contributed by atoms with Crippen molar-refractivity contribution in [2.75, 3.05) is 13.1 Å². The van der Waals surface area contributed by atoms with Crippen LogP contribution in [0.3, 0.4) is 0 Å². The van der Waals surface area contributed by atoms with Crippen LogP contribution in [0, 0.1) is 0 Å². The van der Waals surface area contributed by atoms with Gasteiger partial charge in [0.25, 0.3) is 0 Å². The number of aryl methyl sites for hydroxylation is 1.